The number of carbonyl (C=O) groups is 1. The highest BCUT2D eigenvalue weighted by atomic mass is 35.5. The van der Waals surface area contributed by atoms with E-state index >= 15 is 0 Å². The first-order chi connectivity index (χ1) is 9.83. The highest BCUT2D eigenvalue weighted by molar-refractivity contribution is 6.39. The van der Waals surface area contributed by atoms with Crippen molar-refractivity contribution in [3.8, 4) is 17.0 Å². The van der Waals surface area contributed by atoms with Gasteiger partial charge in [-0.05, 0) is 12.1 Å². The predicted molar refractivity (Wildman–Crippen MR) is 71.8 cm³/mol. The third-order valence-electron chi connectivity index (χ3n) is 2.49. The van der Waals surface area contributed by atoms with Crippen molar-refractivity contribution in [2.75, 3.05) is 0 Å². The minimum Gasteiger partial charge on any atom is -0.405 e. The Kier molecular flexibility index (Phi) is 4.39. The normalized spacial score (nSPS) is 11.3. The van der Waals surface area contributed by atoms with Crippen LogP contribution in [0.15, 0.2) is 30.5 Å². The van der Waals surface area contributed by atoms with E-state index in [9.17, 15) is 18.0 Å². The lowest BCUT2D eigenvalue weighted by Gasteiger charge is -2.14. The van der Waals surface area contributed by atoms with Gasteiger partial charge >= 0.3 is 6.36 Å². The lowest BCUT2D eigenvalue weighted by Crippen LogP contribution is -2.17. The molecule has 0 amide bonds. The number of halogens is 5. The lowest BCUT2D eigenvalue weighted by molar-refractivity contribution is -0.274. The van der Waals surface area contributed by atoms with Gasteiger partial charge in [0.25, 0.3) is 0 Å². The van der Waals surface area contributed by atoms with Crippen molar-refractivity contribution in [3.63, 3.8) is 0 Å². The fourth-order valence-corrected chi connectivity index (χ4v) is 2.18. The molecule has 0 atom stereocenters. The van der Waals surface area contributed by atoms with Crippen molar-refractivity contribution >= 4 is 29.5 Å². The van der Waals surface area contributed by atoms with Crippen molar-refractivity contribution in [3.05, 3.63) is 46.1 Å². The molecule has 2 rings (SSSR count). The SMILES string of the molecule is O=Cc1c(Cl)cnc(-c2ccccc2OC(F)(F)F)c1Cl. The van der Waals surface area contributed by atoms with E-state index in [1.54, 1.807) is 0 Å². The van der Waals surface area contributed by atoms with Crippen molar-refractivity contribution in [2.24, 2.45) is 0 Å². The van der Waals surface area contributed by atoms with Gasteiger partial charge in [-0.3, -0.25) is 9.78 Å². The van der Waals surface area contributed by atoms with Gasteiger partial charge in [0.1, 0.15) is 5.75 Å². The zero-order chi connectivity index (χ0) is 15.6. The molecule has 0 saturated heterocycles. The number of rotatable bonds is 3. The molecule has 0 fully saturated rings. The molecule has 110 valence electrons. The molecule has 1 aromatic carbocycles. The number of carbonyl (C=O) groups excluding carboxylic acids is 1. The third kappa shape index (κ3) is 3.46. The number of hydrogen-bond donors (Lipinski definition) is 0. The molecule has 0 saturated carbocycles. The fourth-order valence-electron chi connectivity index (χ4n) is 1.65. The first-order valence-corrected chi connectivity index (χ1v) is 6.23. The number of nitrogens with zero attached hydrogens (tertiary/aromatic N) is 1. The average Bonchev–Trinajstić information content (AvgIpc) is 2.39. The highest BCUT2D eigenvalue weighted by Gasteiger charge is 2.32. The second-order valence-corrected chi connectivity index (χ2v) is 4.63. The molecule has 1 heterocycles. The highest BCUT2D eigenvalue weighted by Crippen LogP contribution is 2.38. The van der Waals surface area contributed by atoms with E-state index < -0.39 is 12.1 Å². The maximum atomic E-state index is 12.4. The Morgan fingerprint density at radius 2 is 1.86 bits per heavy atom. The molecule has 8 heteroatoms. The summed E-state index contributed by atoms with van der Waals surface area (Å²) in [6.07, 6.45) is -3.32. The lowest BCUT2D eigenvalue weighted by atomic mass is 10.1. The van der Waals surface area contributed by atoms with Gasteiger partial charge < -0.3 is 4.74 Å². The summed E-state index contributed by atoms with van der Waals surface area (Å²) in [5.74, 6) is -0.474. The van der Waals surface area contributed by atoms with Crippen LogP contribution in [0.25, 0.3) is 11.3 Å². The molecule has 0 unspecified atom stereocenters. The molecule has 2 aromatic rings. The van der Waals surface area contributed by atoms with Gasteiger partial charge in [-0.1, -0.05) is 35.3 Å². The number of ether oxygens (including phenoxy) is 1. The monoisotopic (exact) mass is 335 g/mol. The van der Waals surface area contributed by atoms with Crippen LogP contribution in [0.1, 0.15) is 10.4 Å². The first kappa shape index (κ1) is 15.6. The van der Waals surface area contributed by atoms with Crippen molar-refractivity contribution in [1.29, 1.82) is 0 Å². The first-order valence-electron chi connectivity index (χ1n) is 5.48. The Bertz CT molecular complexity index is 690. The van der Waals surface area contributed by atoms with E-state index in [1.807, 2.05) is 0 Å². The molecular weight excluding hydrogens is 330 g/mol. The topological polar surface area (TPSA) is 39.2 Å². The molecule has 3 nitrogen and oxygen atoms in total. The quantitative estimate of drug-likeness (QED) is 0.758. The fraction of sp³-hybridized carbons (Fsp3) is 0.0769. The van der Waals surface area contributed by atoms with Crippen molar-refractivity contribution < 1.29 is 22.7 Å². The summed E-state index contributed by atoms with van der Waals surface area (Å²) in [4.78, 5) is 14.8. The zero-order valence-corrected chi connectivity index (χ0v) is 11.6. The number of aldehydes is 1. The Hall–Kier alpha value is -1.79. The maximum absolute atomic E-state index is 12.4. The van der Waals surface area contributed by atoms with Crippen LogP contribution in [-0.2, 0) is 0 Å². The Labute approximate surface area is 127 Å². The predicted octanol–water partition coefficient (Wildman–Crippen LogP) is 4.77. The molecule has 0 aliphatic carbocycles. The van der Waals surface area contributed by atoms with E-state index in [1.165, 1.54) is 18.2 Å². The molecule has 0 aliphatic rings. The summed E-state index contributed by atoms with van der Waals surface area (Å²) in [5.41, 5.74) is -0.0762. The Morgan fingerprint density at radius 3 is 2.48 bits per heavy atom. The minimum absolute atomic E-state index is 0.000378. The Morgan fingerprint density at radius 1 is 1.19 bits per heavy atom. The summed E-state index contributed by atoms with van der Waals surface area (Å²) in [5, 5.41) is -0.135. The number of para-hydroxylation sites is 1. The second kappa shape index (κ2) is 5.91. The largest absolute Gasteiger partial charge is 0.573 e. The third-order valence-corrected chi connectivity index (χ3v) is 3.18. The second-order valence-electron chi connectivity index (χ2n) is 3.84. The maximum Gasteiger partial charge on any atom is 0.573 e. The summed E-state index contributed by atoms with van der Waals surface area (Å²) >= 11 is 11.7. The van der Waals surface area contributed by atoms with E-state index in [2.05, 4.69) is 9.72 Å². The summed E-state index contributed by atoms with van der Waals surface area (Å²) in [6.45, 7) is 0. The number of benzene rings is 1. The van der Waals surface area contributed by atoms with Crippen LogP contribution in [0, 0.1) is 0 Å². The van der Waals surface area contributed by atoms with Gasteiger partial charge in [0.05, 0.1) is 21.3 Å². The number of hydrogen-bond acceptors (Lipinski definition) is 3. The number of alkyl halides is 3. The van der Waals surface area contributed by atoms with Crippen LogP contribution >= 0.6 is 23.2 Å². The molecule has 1 aromatic heterocycles. The van der Waals surface area contributed by atoms with Crippen molar-refractivity contribution in [2.45, 2.75) is 6.36 Å². The molecular formula is C13H6Cl2F3NO2. The summed E-state index contributed by atoms with van der Waals surface area (Å²) < 4.78 is 41.1. The molecule has 0 spiro atoms. The van der Waals surface area contributed by atoms with Crippen molar-refractivity contribution in [1.82, 2.24) is 4.98 Å². The Balaban J connectivity index is 2.60. The number of aromatic nitrogens is 1. The van der Waals surface area contributed by atoms with Crippen LogP contribution < -0.4 is 4.74 Å². The standard InChI is InChI=1S/C13H6Cl2F3NO2/c14-9-5-19-12(11(15)8(9)6-20)7-3-1-2-4-10(7)21-13(16,17)18/h1-6H. The molecule has 0 N–H and O–H groups in total. The van der Waals surface area contributed by atoms with E-state index in [0.29, 0.717) is 6.29 Å². The smallest absolute Gasteiger partial charge is 0.405 e. The minimum atomic E-state index is -4.86. The van der Waals surface area contributed by atoms with Crippen LogP contribution in [0.2, 0.25) is 10.0 Å². The summed E-state index contributed by atoms with van der Waals surface area (Å²) in [6, 6.07) is 5.33. The average molecular weight is 336 g/mol. The van der Waals surface area contributed by atoms with Gasteiger partial charge in [-0.25, -0.2) is 0 Å². The van der Waals surface area contributed by atoms with E-state index in [4.69, 9.17) is 23.2 Å². The van der Waals surface area contributed by atoms with Gasteiger partial charge in [-0.2, -0.15) is 0 Å². The van der Waals surface area contributed by atoms with Gasteiger partial charge in [0.15, 0.2) is 6.29 Å². The van der Waals surface area contributed by atoms with Crippen LogP contribution in [0.4, 0.5) is 13.2 Å². The zero-order valence-electron chi connectivity index (χ0n) is 10.1. The van der Waals surface area contributed by atoms with Crippen LogP contribution in [0.5, 0.6) is 5.75 Å². The summed E-state index contributed by atoms with van der Waals surface area (Å²) in [7, 11) is 0. The molecule has 0 bridgehead atoms. The van der Waals surface area contributed by atoms with Gasteiger partial charge in [0, 0.05) is 11.8 Å². The van der Waals surface area contributed by atoms with Crippen LogP contribution in [0.3, 0.4) is 0 Å². The molecule has 21 heavy (non-hydrogen) atoms. The molecule has 0 radical (unpaired) electrons. The van der Waals surface area contributed by atoms with Gasteiger partial charge in [-0.15, -0.1) is 13.2 Å². The van der Waals surface area contributed by atoms with Gasteiger partial charge in [0.2, 0.25) is 0 Å². The van der Waals surface area contributed by atoms with E-state index in [0.717, 1.165) is 12.3 Å². The van der Waals surface area contributed by atoms with E-state index in [-0.39, 0.29) is 26.9 Å². The van der Waals surface area contributed by atoms with Crippen LogP contribution in [-0.4, -0.2) is 17.6 Å². The number of pyridine rings is 1. The molecule has 0 aliphatic heterocycles.